The van der Waals surface area contributed by atoms with Gasteiger partial charge in [-0.3, -0.25) is 5.01 Å². The number of phenolic OH excluding ortho intramolecular Hbond substituents is 1. The number of phenols is 1. The molecular formula is C15H14N2OS. The Balaban J connectivity index is 2.12. The maximum Gasteiger partial charge on any atom is 0.129 e. The number of benzene rings is 2. The van der Waals surface area contributed by atoms with Crippen LogP contribution >= 0.6 is 12.2 Å². The van der Waals surface area contributed by atoms with Crippen molar-refractivity contribution in [3.05, 3.63) is 65.7 Å². The number of thiocarbonyl (C=S) groups is 1. The molecule has 0 radical (unpaired) electrons. The van der Waals surface area contributed by atoms with Crippen molar-refractivity contribution in [3.63, 3.8) is 0 Å². The molecule has 0 spiro atoms. The van der Waals surface area contributed by atoms with Gasteiger partial charge in [0.1, 0.15) is 10.7 Å². The molecule has 0 aliphatic rings. The molecule has 19 heavy (non-hydrogen) atoms. The molecular weight excluding hydrogens is 256 g/mol. The van der Waals surface area contributed by atoms with Crippen molar-refractivity contribution in [2.45, 2.75) is 0 Å². The van der Waals surface area contributed by atoms with E-state index in [4.69, 9.17) is 12.2 Å². The summed E-state index contributed by atoms with van der Waals surface area (Å²) in [7, 11) is 1.78. The SMILES string of the molecule is CN(/N=C\c1ccccc1O)C(=S)c1ccccc1. The molecule has 0 unspecified atom stereocenters. The minimum atomic E-state index is 0.199. The van der Waals surface area contributed by atoms with Crippen LogP contribution in [0.25, 0.3) is 0 Å². The first-order chi connectivity index (χ1) is 9.18. The van der Waals surface area contributed by atoms with Crippen LogP contribution in [0.15, 0.2) is 59.7 Å². The van der Waals surface area contributed by atoms with Crippen molar-refractivity contribution < 1.29 is 5.11 Å². The minimum Gasteiger partial charge on any atom is -0.507 e. The van der Waals surface area contributed by atoms with Crippen molar-refractivity contribution in [1.82, 2.24) is 5.01 Å². The van der Waals surface area contributed by atoms with Crippen molar-refractivity contribution in [3.8, 4) is 5.75 Å². The summed E-state index contributed by atoms with van der Waals surface area (Å²) in [5.74, 6) is 0.199. The van der Waals surface area contributed by atoms with E-state index in [1.54, 1.807) is 36.5 Å². The molecule has 4 heteroatoms. The van der Waals surface area contributed by atoms with E-state index in [0.29, 0.717) is 10.6 Å². The van der Waals surface area contributed by atoms with Gasteiger partial charge < -0.3 is 5.11 Å². The molecule has 2 aromatic carbocycles. The van der Waals surface area contributed by atoms with Gasteiger partial charge in [-0.2, -0.15) is 5.10 Å². The lowest BCUT2D eigenvalue weighted by Gasteiger charge is -2.13. The number of hydrogen-bond acceptors (Lipinski definition) is 3. The third-order valence-corrected chi connectivity index (χ3v) is 3.12. The van der Waals surface area contributed by atoms with Crippen LogP contribution in [0.3, 0.4) is 0 Å². The molecule has 96 valence electrons. The van der Waals surface area contributed by atoms with Gasteiger partial charge in [0, 0.05) is 18.2 Å². The standard InChI is InChI=1S/C15H14N2OS/c1-17(15(19)12-7-3-2-4-8-12)16-11-13-9-5-6-10-14(13)18/h2-11,18H,1H3/b16-11-. The maximum absolute atomic E-state index is 9.64. The topological polar surface area (TPSA) is 35.8 Å². The van der Waals surface area contributed by atoms with Crippen LogP contribution in [0, 0.1) is 0 Å². The molecule has 0 amide bonds. The van der Waals surface area contributed by atoms with Gasteiger partial charge in [0.25, 0.3) is 0 Å². The van der Waals surface area contributed by atoms with E-state index in [9.17, 15) is 5.11 Å². The monoisotopic (exact) mass is 270 g/mol. The van der Waals surface area contributed by atoms with E-state index in [-0.39, 0.29) is 5.75 Å². The first-order valence-corrected chi connectivity index (χ1v) is 6.24. The van der Waals surface area contributed by atoms with Crippen LogP contribution in [0.5, 0.6) is 5.75 Å². The second-order valence-corrected chi connectivity index (χ2v) is 4.38. The van der Waals surface area contributed by atoms with E-state index < -0.39 is 0 Å². The smallest absolute Gasteiger partial charge is 0.129 e. The molecule has 0 atom stereocenters. The van der Waals surface area contributed by atoms with Crippen molar-refractivity contribution >= 4 is 23.4 Å². The van der Waals surface area contributed by atoms with Gasteiger partial charge in [0.05, 0.1) is 6.21 Å². The Kier molecular flexibility index (Phi) is 4.26. The van der Waals surface area contributed by atoms with Crippen LogP contribution in [-0.2, 0) is 0 Å². The number of hydrazone groups is 1. The Bertz CT molecular complexity index is 596. The van der Waals surface area contributed by atoms with E-state index in [2.05, 4.69) is 5.10 Å². The van der Waals surface area contributed by atoms with E-state index in [1.165, 1.54) is 0 Å². The highest BCUT2D eigenvalue weighted by Crippen LogP contribution is 2.13. The molecule has 0 aromatic heterocycles. The summed E-state index contributed by atoms with van der Waals surface area (Å²) < 4.78 is 0. The minimum absolute atomic E-state index is 0.199. The van der Waals surface area contributed by atoms with Gasteiger partial charge in [-0.15, -0.1) is 0 Å². The van der Waals surface area contributed by atoms with Crippen LogP contribution in [0.4, 0.5) is 0 Å². The summed E-state index contributed by atoms with van der Waals surface area (Å²) in [6.07, 6.45) is 1.59. The maximum atomic E-state index is 9.64. The average Bonchev–Trinajstić information content (AvgIpc) is 2.46. The quantitative estimate of drug-likeness (QED) is 0.529. The molecule has 1 N–H and O–H groups in total. The summed E-state index contributed by atoms with van der Waals surface area (Å²) in [4.78, 5) is 0.632. The van der Waals surface area contributed by atoms with E-state index in [0.717, 1.165) is 5.56 Å². The van der Waals surface area contributed by atoms with E-state index in [1.807, 2.05) is 36.4 Å². The number of nitrogens with zero attached hydrogens (tertiary/aromatic N) is 2. The zero-order valence-electron chi connectivity index (χ0n) is 10.5. The lowest BCUT2D eigenvalue weighted by molar-refractivity contribution is 0.474. The number of para-hydroxylation sites is 1. The van der Waals surface area contributed by atoms with Crippen LogP contribution < -0.4 is 0 Å². The van der Waals surface area contributed by atoms with Gasteiger partial charge in [-0.25, -0.2) is 0 Å². The number of rotatable bonds is 3. The molecule has 0 saturated heterocycles. The fraction of sp³-hybridized carbons (Fsp3) is 0.0667. The lowest BCUT2D eigenvalue weighted by atomic mass is 10.2. The zero-order valence-corrected chi connectivity index (χ0v) is 11.3. The largest absolute Gasteiger partial charge is 0.507 e. The first kappa shape index (κ1) is 13.2. The Morgan fingerprint density at radius 3 is 2.42 bits per heavy atom. The lowest BCUT2D eigenvalue weighted by Crippen LogP contribution is -2.20. The Hall–Kier alpha value is -2.20. The van der Waals surface area contributed by atoms with Crippen molar-refractivity contribution in [2.75, 3.05) is 7.05 Å². The average molecular weight is 270 g/mol. The van der Waals surface area contributed by atoms with Crippen molar-refractivity contribution in [2.24, 2.45) is 5.10 Å². The predicted molar refractivity (Wildman–Crippen MR) is 81.6 cm³/mol. The van der Waals surface area contributed by atoms with Gasteiger partial charge in [0.15, 0.2) is 0 Å². The first-order valence-electron chi connectivity index (χ1n) is 5.83. The van der Waals surface area contributed by atoms with Gasteiger partial charge in [-0.1, -0.05) is 54.7 Å². The normalized spacial score (nSPS) is 10.6. The van der Waals surface area contributed by atoms with E-state index >= 15 is 0 Å². The number of aromatic hydroxyl groups is 1. The summed E-state index contributed by atoms with van der Waals surface area (Å²) in [5.41, 5.74) is 1.60. The molecule has 0 fully saturated rings. The molecule has 0 bridgehead atoms. The number of hydrogen-bond donors (Lipinski definition) is 1. The molecule has 0 aliphatic carbocycles. The fourth-order valence-corrected chi connectivity index (χ4v) is 1.75. The Labute approximate surface area is 117 Å². The molecule has 3 nitrogen and oxygen atoms in total. The van der Waals surface area contributed by atoms with Gasteiger partial charge >= 0.3 is 0 Å². The van der Waals surface area contributed by atoms with Gasteiger partial charge in [-0.05, 0) is 12.1 Å². The highest BCUT2D eigenvalue weighted by Gasteiger charge is 2.04. The predicted octanol–water partition coefficient (Wildman–Crippen LogP) is 3.03. The Morgan fingerprint density at radius 1 is 1.11 bits per heavy atom. The summed E-state index contributed by atoms with van der Waals surface area (Å²) in [6, 6.07) is 16.7. The third-order valence-electron chi connectivity index (χ3n) is 2.62. The summed E-state index contributed by atoms with van der Waals surface area (Å²) >= 11 is 5.34. The molecule has 2 rings (SSSR count). The zero-order chi connectivity index (χ0) is 13.7. The molecule has 0 heterocycles. The molecule has 0 aliphatic heterocycles. The molecule has 2 aromatic rings. The summed E-state index contributed by atoms with van der Waals surface area (Å²) in [5, 5.41) is 15.5. The third kappa shape index (κ3) is 3.39. The molecule has 0 saturated carbocycles. The fourth-order valence-electron chi connectivity index (χ4n) is 1.57. The van der Waals surface area contributed by atoms with Crippen molar-refractivity contribution in [1.29, 1.82) is 0 Å². The van der Waals surface area contributed by atoms with Crippen LogP contribution in [0.1, 0.15) is 11.1 Å². The van der Waals surface area contributed by atoms with Crippen LogP contribution in [-0.4, -0.2) is 28.4 Å². The Morgan fingerprint density at radius 2 is 1.74 bits per heavy atom. The second kappa shape index (κ2) is 6.11. The van der Waals surface area contributed by atoms with Crippen LogP contribution in [0.2, 0.25) is 0 Å². The van der Waals surface area contributed by atoms with Gasteiger partial charge in [0.2, 0.25) is 0 Å². The highest BCUT2D eigenvalue weighted by molar-refractivity contribution is 7.80. The summed E-state index contributed by atoms with van der Waals surface area (Å²) in [6.45, 7) is 0. The highest BCUT2D eigenvalue weighted by atomic mass is 32.1. The second-order valence-electron chi connectivity index (χ2n) is 4.00.